The summed E-state index contributed by atoms with van der Waals surface area (Å²) in [4.78, 5) is 0. The van der Waals surface area contributed by atoms with Gasteiger partial charge in [-0.05, 0) is 6.92 Å². The van der Waals surface area contributed by atoms with Gasteiger partial charge >= 0.3 is 0 Å². The fourth-order valence-electron chi connectivity index (χ4n) is 0.790. The van der Waals surface area contributed by atoms with E-state index in [2.05, 4.69) is 17.6 Å². The first-order valence-corrected chi connectivity index (χ1v) is 3.35. The van der Waals surface area contributed by atoms with E-state index in [1.165, 1.54) is 0 Å². The number of hydrogen-bond acceptors (Lipinski definition) is 2. The van der Waals surface area contributed by atoms with Gasteiger partial charge in [-0.2, -0.15) is 0 Å². The molecule has 2 nitrogen and oxygen atoms in total. The lowest BCUT2D eigenvalue weighted by Crippen LogP contribution is -2.51. The number of nitrogens with one attached hydrogen (secondary N) is 2. The lowest BCUT2D eigenvalue weighted by Gasteiger charge is -2.25. The molecule has 3 heteroatoms. The number of halogens is 1. The third-order valence-corrected chi connectivity index (χ3v) is 1.90. The van der Waals surface area contributed by atoms with Gasteiger partial charge in [0.25, 0.3) is 0 Å². The van der Waals surface area contributed by atoms with Gasteiger partial charge in [-0.25, -0.2) is 0 Å². The van der Waals surface area contributed by atoms with E-state index in [1.54, 1.807) is 0 Å². The fraction of sp³-hybridized carbons (Fsp3) is 1.00. The maximum absolute atomic E-state index is 5.79. The zero-order chi connectivity index (χ0) is 5.98. The van der Waals surface area contributed by atoms with Crippen LogP contribution in [0.1, 0.15) is 6.92 Å². The van der Waals surface area contributed by atoms with Crippen molar-refractivity contribution in [2.24, 2.45) is 0 Å². The molecule has 2 atom stereocenters. The Morgan fingerprint density at radius 1 is 1.38 bits per heavy atom. The monoisotopic (exact) mass is 134 g/mol. The minimum atomic E-state index is 0.115. The summed E-state index contributed by atoms with van der Waals surface area (Å²) >= 11 is 5.79. The first-order chi connectivity index (χ1) is 3.80. The van der Waals surface area contributed by atoms with Crippen LogP contribution in [0.3, 0.4) is 0 Å². The van der Waals surface area contributed by atoms with Gasteiger partial charge in [-0.1, -0.05) is 0 Å². The molecule has 0 aliphatic carbocycles. The molecule has 1 rings (SSSR count). The Kier molecular flexibility index (Phi) is 2.11. The Bertz CT molecular complexity index is 66.8. The van der Waals surface area contributed by atoms with Gasteiger partial charge in [0.15, 0.2) is 0 Å². The van der Waals surface area contributed by atoms with E-state index in [4.69, 9.17) is 11.6 Å². The van der Waals surface area contributed by atoms with Crippen molar-refractivity contribution in [2.75, 3.05) is 13.1 Å². The molecule has 0 saturated carbocycles. The lowest BCUT2D eigenvalue weighted by molar-refractivity contribution is 0.411. The molecule has 8 heavy (non-hydrogen) atoms. The SMILES string of the molecule is CC1NCCNC1Cl. The molecule has 1 fully saturated rings. The number of piperazine rings is 1. The highest BCUT2D eigenvalue weighted by molar-refractivity contribution is 6.20. The number of alkyl halides is 1. The van der Waals surface area contributed by atoms with Crippen LogP contribution in [0.2, 0.25) is 0 Å². The molecule has 0 spiro atoms. The first-order valence-electron chi connectivity index (χ1n) is 2.91. The summed E-state index contributed by atoms with van der Waals surface area (Å²) in [6, 6.07) is 0.408. The molecule has 0 bridgehead atoms. The Balaban J connectivity index is 2.28. The molecular weight excluding hydrogens is 124 g/mol. The molecular formula is C5H11ClN2. The van der Waals surface area contributed by atoms with Crippen molar-refractivity contribution in [1.29, 1.82) is 0 Å². The van der Waals surface area contributed by atoms with Crippen LogP contribution in [-0.2, 0) is 0 Å². The minimum absolute atomic E-state index is 0.115. The van der Waals surface area contributed by atoms with Gasteiger partial charge in [-0.3, -0.25) is 5.32 Å². The van der Waals surface area contributed by atoms with E-state index in [9.17, 15) is 0 Å². The summed E-state index contributed by atoms with van der Waals surface area (Å²) in [5, 5.41) is 6.37. The number of rotatable bonds is 0. The highest BCUT2D eigenvalue weighted by Crippen LogP contribution is 2.00. The standard InChI is InChI=1S/C5H11ClN2/c1-4-5(6)8-3-2-7-4/h4-5,7-8H,2-3H2,1H3. The summed E-state index contributed by atoms with van der Waals surface area (Å²) in [5.41, 5.74) is 0.115. The van der Waals surface area contributed by atoms with Crippen LogP contribution >= 0.6 is 11.6 Å². The second-order valence-electron chi connectivity index (χ2n) is 2.10. The molecule has 1 saturated heterocycles. The smallest absolute Gasteiger partial charge is 0.0978 e. The normalized spacial score (nSPS) is 39.8. The molecule has 2 unspecified atom stereocenters. The van der Waals surface area contributed by atoms with Gasteiger partial charge in [0.1, 0.15) is 0 Å². The van der Waals surface area contributed by atoms with Crippen LogP contribution in [0.5, 0.6) is 0 Å². The lowest BCUT2D eigenvalue weighted by atomic mass is 10.3. The Morgan fingerprint density at radius 3 is 2.38 bits per heavy atom. The zero-order valence-corrected chi connectivity index (χ0v) is 5.70. The van der Waals surface area contributed by atoms with Crippen LogP contribution < -0.4 is 10.6 Å². The van der Waals surface area contributed by atoms with Gasteiger partial charge in [0.2, 0.25) is 0 Å². The summed E-state index contributed by atoms with van der Waals surface area (Å²) in [6.45, 7) is 4.09. The van der Waals surface area contributed by atoms with Crippen LogP contribution in [0.15, 0.2) is 0 Å². The Hall–Kier alpha value is 0.210. The molecule has 0 aromatic heterocycles. The quantitative estimate of drug-likeness (QED) is 0.364. The van der Waals surface area contributed by atoms with Gasteiger partial charge in [0, 0.05) is 19.1 Å². The highest BCUT2D eigenvalue weighted by atomic mass is 35.5. The average molecular weight is 135 g/mol. The summed E-state index contributed by atoms with van der Waals surface area (Å²) in [5.74, 6) is 0. The van der Waals surface area contributed by atoms with E-state index in [1.807, 2.05) is 0 Å². The van der Waals surface area contributed by atoms with Crippen LogP contribution in [0, 0.1) is 0 Å². The van der Waals surface area contributed by atoms with E-state index in [-0.39, 0.29) is 5.50 Å². The largest absolute Gasteiger partial charge is 0.310 e. The second kappa shape index (κ2) is 2.67. The van der Waals surface area contributed by atoms with Crippen molar-refractivity contribution >= 4 is 11.6 Å². The average Bonchev–Trinajstić information content (AvgIpc) is 1.77. The van der Waals surface area contributed by atoms with Crippen molar-refractivity contribution in [3.63, 3.8) is 0 Å². The second-order valence-corrected chi connectivity index (χ2v) is 2.57. The van der Waals surface area contributed by atoms with E-state index in [0.717, 1.165) is 13.1 Å². The van der Waals surface area contributed by atoms with Crippen molar-refractivity contribution < 1.29 is 0 Å². The summed E-state index contributed by atoms with van der Waals surface area (Å²) < 4.78 is 0. The summed E-state index contributed by atoms with van der Waals surface area (Å²) in [7, 11) is 0. The van der Waals surface area contributed by atoms with E-state index < -0.39 is 0 Å². The van der Waals surface area contributed by atoms with Gasteiger partial charge in [0.05, 0.1) is 5.50 Å². The van der Waals surface area contributed by atoms with Gasteiger partial charge in [-0.15, -0.1) is 11.6 Å². The Morgan fingerprint density at radius 2 is 2.00 bits per heavy atom. The molecule has 1 aliphatic rings. The maximum atomic E-state index is 5.79. The summed E-state index contributed by atoms with van der Waals surface area (Å²) in [6.07, 6.45) is 0. The van der Waals surface area contributed by atoms with Crippen LogP contribution in [0.25, 0.3) is 0 Å². The molecule has 0 aromatic rings. The molecule has 0 amide bonds. The highest BCUT2D eigenvalue weighted by Gasteiger charge is 2.15. The predicted octanol–water partition coefficient (Wildman–Crippen LogP) is 0.133. The van der Waals surface area contributed by atoms with Crippen LogP contribution in [-0.4, -0.2) is 24.6 Å². The minimum Gasteiger partial charge on any atom is -0.310 e. The number of hydrogen-bond donors (Lipinski definition) is 2. The zero-order valence-electron chi connectivity index (χ0n) is 4.95. The van der Waals surface area contributed by atoms with Crippen LogP contribution in [0.4, 0.5) is 0 Å². The van der Waals surface area contributed by atoms with E-state index in [0.29, 0.717) is 6.04 Å². The topological polar surface area (TPSA) is 24.1 Å². The Labute approximate surface area is 54.6 Å². The van der Waals surface area contributed by atoms with Gasteiger partial charge < -0.3 is 5.32 Å². The molecule has 48 valence electrons. The van der Waals surface area contributed by atoms with Crippen molar-refractivity contribution in [3.8, 4) is 0 Å². The third kappa shape index (κ3) is 1.34. The van der Waals surface area contributed by atoms with E-state index >= 15 is 0 Å². The third-order valence-electron chi connectivity index (χ3n) is 1.37. The first kappa shape index (κ1) is 6.33. The maximum Gasteiger partial charge on any atom is 0.0978 e. The molecule has 2 N–H and O–H groups in total. The fourth-order valence-corrected chi connectivity index (χ4v) is 0.988. The molecule has 1 aliphatic heterocycles. The van der Waals surface area contributed by atoms with Crippen molar-refractivity contribution in [2.45, 2.75) is 18.5 Å². The van der Waals surface area contributed by atoms with Crippen molar-refractivity contribution in [1.82, 2.24) is 10.6 Å². The molecule has 0 radical (unpaired) electrons. The molecule has 0 aromatic carbocycles. The molecule has 1 heterocycles. The predicted molar refractivity (Wildman–Crippen MR) is 35.1 cm³/mol. The van der Waals surface area contributed by atoms with Crippen molar-refractivity contribution in [3.05, 3.63) is 0 Å².